The minimum Gasteiger partial charge on any atom is -0.440 e. The van der Waals surface area contributed by atoms with Crippen LogP contribution in [0.3, 0.4) is 0 Å². The second kappa shape index (κ2) is 6.01. The van der Waals surface area contributed by atoms with Crippen LogP contribution in [0.5, 0.6) is 0 Å². The van der Waals surface area contributed by atoms with Crippen molar-refractivity contribution in [2.45, 2.75) is 28.2 Å². The van der Waals surface area contributed by atoms with Gasteiger partial charge in [-0.05, 0) is 70.7 Å². The maximum atomic E-state index is 13.3. The van der Waals surface area contributed by atoms with E-state index in [1.165, 1.54) is 43.4 Å². The lowest BCUT2D eigenvalue weighted by atomic mass is 9.78. The molecule has 4 aliphatic heterocycles. The van der Waals surface area contributed by atoms with Crippen molar-refractivity contribution in [3.63, 3.8) is 0 Å². The number of benzene rings is 3. The molecular weight excluding hydrogens is 440 g/mol. The highest BCUT2D eigenvalue weighted by Gasteiger charge is 2.59. The third-order valence-electron chi connectivity index (χ3n) is 8.83. The highest BCUT2D eigenvalue weighted by atomic mass is 32.3. The molecule has 0 unspecified atom stereocenters. The number of likely N-dealkylation sites (N-methyl/N-ethyl adjacent to an activating group) is 2. The third kappa shape index (κ3) is 2.16. The van der Waals surface area contributed by atoms with E-state index >= 15 is 0 Å². The van der Waals surface area contributed by atoms with Gasteiger partial charge >= 0.3 is 5.97 Å². The Morgan fingerprint density at radius 2 is 1.29 bits per heavy atom. The smallest absolute Gasteiger partial charge is 0.340 e. The Bertz CT molecular complexity index is 1370. The molecule has 0 radical (unpaired) electrons. The van der Waals surface area contributed by atoms with E-state index in [1.807, 2.05) is 18.2 Å². The number of nitrogens with zero attached hydrogens (tertiary/aromatic N) is 2. The van der Waals surface area contributed by atoms with Gasteiger partial charge in [-0.2, -0.15) is 0 Å². The van der Waals surface area contributed by atoms with E-state index in [1.54, 1.807) is 0 Å². The van der Waals surface area contributed by atoms with Crippen LogP contribution in [0, 0.1) is 0 Å². The number of carbonyl (C=O) groups excluding carboxylic acids is 1. The van der Waals surface area contributed by atoms with Gasteiger partial charge < -0.3 is 14.5 Å². The normalized spacial score (nSPS) is 25.7. The van der Waals surface area contributed by atoms with Gasteiger partial charge in [0.1, 0.15) is 0 Å². The van der Waals surface area contributed by atoms with E-state index < -0.39 is 14.8 Å². The van der Waals surface area contributed by atoms with Crippen LogP contribution in [0.4, 0.5) is 11.4 Å². The number of fused-ring (bicyclic) bond motifs is 10. The standard InChI is InChI=1S/C29H32N2O2S/c1-30-16-14-19-24(30)12-10-22-26(19)34(3,4,5)27-20-15-17-31(2)25(20)13-11-23(27)29(22)21-9-7-6-8-18(21)28(32)33-29/h6-13,34H,14-17H2,1-5H3. The summed E-state index contributed by atoms with van der Waals surface area (Å²) in [6.45, 7) is 2.06. The molecule has 5 heteroatoms. The van der Waals surface area contributed by atoms with E-state index in [-0.39, 0.29) is 5.97 Å². The minimum absolute atomic E-state index is 0.215. The Labute approximate surface area is 201 Å². The Balaban J connectivity index is 1.70. The average molecular weight is 473 g/mol. The number of esters is 1. The zero-order valence-electron chi connectivity index (χ0n) is 20.6. The lowest BCUT2D eigenvalue weighted by Crippen LogP contribution is -2.39. The Hall–Kier alpha value is -2.92. The van der Waals surface area contributed by atoms with Crippen molar-refractivity contribution < 1.29 is 9.53 Å². The van der Waals surface area contributed by atoms with Gasteiger partial charge in [-0.3, -0.25) is 0 Å². The van der Waals surface area contributed by atoms with Crippen LogP contribution in [0.15, 0.2) is 58.3 Å². The Morgan fingerprint density at radius 1 is 0.765 bits per heavy atom. The second-order valence-electron chi connectivity index (χ2n) is 11.7. The maximum absolute atomic E-state index is 13.3. The fourth-order valence-corrected chi connectivity index (χ4v) is 12.2. The van der Waals surface area contributed by atoms with Crippen LogP contribution in [-0.4, -0.2) is 51.9 Å². The summed E-state index contributed by atoms with van der Waals surface area (Å²) in [6.07, 6.45) is 9.65. The first-order valence-electron chi connectivity index (χ1n) is 12.2. The molecule has 34 heavy (non-hydrogen) atoms. The van der Waals surface area contributed by atoms with E-state index in [0.29, 0.717) is 5.56 Å². The molecule has 0 aliphatic carbocycles. The van der Waals surface area contributed by atoms with Crippen LogP contribution in [-0.2, 0) is 23.2 Å². The highest BCUT2D eigenvalue weighted by Crippen LogP contribution is 2.82. The highest BCUT2D eigenvalue weighted by molar-refractivity contribution is 8.48. The summed E-state index contributed by atoms with van der Waals surface area (Å²) in [5.74, 6) is -0.215. The summed E-state index contributed by atoms with van der Waals surface area (Å²) in [5, 5.41) is 0. The molecule has 4 aliphatic rings. The van der Waals surface area contributed by atoms with Crippen molar-refractivity contribution in [3.8, 4) is 0 Å². The van der Waals surface area contributed by atoms with Gasteiger partial charge in [-0.25, -0.2) is 14.0 Å². The predicted molar refractivity (Wildman–Crippen MR) is 142 cm³/mol. The van der Waals surface area contributed by atoms with Crippen molar-refractivity contribution in [1.82, 2.24) is 0 Å². The average Bonchev–Trinajstić information content (AvgIpc) is 3.46. The fraction of sp³-hybridized carbons (Fsp3) is 0.345. The third-order valence-corrected chi connectivity index (χ3v) is 13.0. The van der Waals surface area contributed by atoms with Gasteiger partial charge in [0.25, 0.3) is 0 Å². The predicted octanol–water partition coefficient (Wildman–Crippen LogP) is 4.83. The van der Waals surface area contributed by atoms with E-state index in [0.717, 1.165) is 31.5 Å². The summed E-state index contributed by atoms with van der Waals surface area (Å²) in [6, 6.07) is 17.1. The molecule has 0 amide bonds. The lowest BCUT2D eigenvalue weighted by Gasteiger charge is -2.61. The first-order chi connectivity index (χ1) is 16.1. The Kier molecular flexibility index (Phi) is 3.61. The molecule has 1 spiro atoms. The second-order valence-corrected chi connectivity index (χ2v) is 18.2. The zero-order valence-corrected chi connectivity index (χ0v) is 21.5. The first-order valence-corrected chi connectivity index (χ1v) is 15.8. The maximum Gasteiger partial charge on any atom is 0.340 e. The molecule has 0 N–H and O–H groups in total. The van der Waals surface area contributed by atoms with Gasteiger partial charge in [0.05, 0.1) is 5.56 Å². The number of hydrogen-bond donors (Lipinski definition) is 1. The molecule has 176 valence electrons. The molecule has 0 bridgehead atoms. The zero-order chi connectivity index (χ0) is 23.6. The molecule has 0 saturated heterocycles. The van der Waals surface area contributed by atoms with Gasteiger partial charge in [0.15, 0.2) is 5.60 Å². The van der Waals surface area contributed by atoms with Crippen LogP contribution >= 0.6 is 9.16 Å². The molecule has 0 fully saturated rings. The SMILES string of the molecule is CN1CCc2c1ccc1c2[SH](C)(C)(C)c2c(ccc3c2CCN3C)C12OC(=O)c1ccccc12. The summed E-state index contributed by atoms with van der Waals surface area (Å²) in [7, 11) is 1.79. The number of rotatable bonds is 0. The summed E-state index contributed by atoms with van der Waals surface area (Å²) >= 11 is 0. The van der Waals surface area contributed by atoms with Crippen molar-refractivity contribution >= 4 is 26.5 Å². The molecule has 0 aromatic heterocycles. The number of hydrogen-bond acceptors (Lipinski definition) is 4. The van der Waals surface area contributed by atoms with Crippen molar-refractivity contribution in [2.24, 2.45) is 0 Å². The van der Waals surface area contributed by atoms with Crippen molar-refractivity contribution in [1.29, 1.82) is 0 Å². The van der Waals surface area contributed by atoms with Crippen LogP contribution in [0.25, 0.3) is 0 Å². The van der Waals surface area contributed by atoms with Crippen LogP contribution in [0.2, 0.25) is 0 Å². The summed E-state index contributed by atoms with van der Waals surface area (Å²) < 4.78 is 6.58. The van der Waals surface area contributed by atoms with Gasteiger partial charge in [-0.1, -0.05) is 30.3 Å². The van der Waals surface area contributed by atoms with Crippen LogP contribution < -0.4 is 9.80 Å². The topological polar surface area (TPSA) is 32.8 Å². The van der Waals surface area contributed by atoms with E-state index in [9.17, 15) is 4.79 Å². The molecule has 3 aromatic carbocycles. The van der Waals surface area contributed by atoms with E-state index in [4.69, 9.17) is 4.74 Å². The van der Waals surface area contributed by atoms with E-state index in [2.05, 4.69) is 73.0 Å². The van der Waals surface area contributed by atoms with Gasteiger partial charge in [0, 0.05) is 55.2 Å². The number of anilines is 2. The minimum atomic E-state index is -2.60. The first kappa shape index (κ1) is 20.5. The number of thiol groups is 1. The number of ether oxygens (including phenoxy) is 1. The molecule has 0 atom stereocenters. The summed E-state index contributed by atoms with van der Waals surface area (Å²) in [5.41, 5.74) is 8.76. The van der Waals surface area contributed by atoms with Crippen molar-refractivity contribution in [2.75, 3.05) is 55.8 Å². The summed E-state index contributed by atoms with van der Waals surface area (Å²) in [4.78, 5) is 21.0. The van der Waals surface area contributed by atoms with Crippen molar-refractivity contribution in [3.05, 3.63) is 81.9 Å². The quantitative estimate of drug-likeness (QED) is 0.375. The number of carbonyl (C=O) groups is 1. The largest absolute Gasteiger partial charge is 0.440 e. The molecule has 4 heterocycles. The van der Waals surface area contributed by atoms with Gasteiger partial charge in [0.2, 0.25) is 0 Å². The van der Waals surface area contributed by atoms with Crippen LogP contribution in [0.1, 0.15) is 38.2 Å². The molecule has 3 aromatic rings. The molecule has 4 nitrogen and oxygen atoms in total. The fourth-order valence-electron chi connectivity index (χ4n) is 7.49. The monoisotopic (exact) mass is 472 g/mol. The Morgan fingerprint density at radius 3 is 1.85 bits per heavy atom. The lowest BCUT2D eigenvalue weighted by molar-refractivity contribution is 0.0230. The molecule has 7 rings (SSSR count). The molecular formula is C29H32N2O2S. The molecule has 0 saturated carbocycles. The van der Waals surface area contributed by atoms with Gasteiger partial charge in [-0.15, -0.1) is 0 Å².